The number of para-hydroxylation sites is 1. The van der Waals surface area contributed by atoms with Gasteiger partial charge in [-0.3, -0.25) is 9.52 Å². The van der Waals surface area contributed by atoms with Crippen LogP contribution in [0.2, 0.25) is 0 Å². The van der Waals surface area contributed by atoms with Crippen LogP contribution in [0.4, 0.5) is 11.4 Å². The summed E-state index contributed by atoms with van der Waals surface area (Å²) >= 11 is 3.42. The molecule has 2 aromatic rings. The second-order valence-corrected chi connectivity index (χ2v) is 9.62. The monoisotopic (exact) mass is 464 g/mol. The average Bonchev–Trinajstić information content (AvgIpc) is 2.95. The van der Waals surface area contributed by atoms with E-state index >= 15 is 0 Å². The molecule has 2 aromatic carbocycles. The molecule has 1 N–H and O–H groups in total. The summed E-state index contributed by atoms with van der Waals surface area (Å²) in [7, 11) is -3.83. The highest BCUT2D eigenvalue weighted by atomic mass is 79.9. The van der Waals surface area contributed by atoms with Gasteiger partial charge in [0, 0.05) is 23.1 Å². The van der Waals surface area contributed by atoms with Gasteiger partial charge in [0.25, 0.3) is 10.0 Å². The number of halogens is 1. The minimum absolute atomic E-state index is 0.0119. The number of carbonyl (C=O) groups is 1. The molecule has 1 atom stereocenters. The zero-order chi connectivity index (χ0) is 20.6. The lowest BCUT2D eigenvalue weighted by atomic mass is 10.0. The molecule has 0 bridgehead atoms. The van der Waals surface area contributed by atoms with E-state index in [-0.39, 0.29) is 16.8 Å². The van der Waals surface area contributed by atoms with Crippen molar-refractivity contribution in [1.29, 1.82) is 0 Å². The molecule has 28 heavy (non-hydrogen) atoms. The van der Waals surface area contributed by atoms with E-state index in [1.807, 2.05) is 45.0 Å². The molecular weight excluding hydrogens is 440 g/mol. The van der Waals surface area contributed by atoms with E-state index in [4.69, 9.17) is 0 Å². The topological polar surface area (TPSA) is 66.5 Å². The molecule has 7 heteroatoms. The maximum atomic E-state index is 13.3. The van der Waals surface area contributed by atoms with Crippen LogP contribution in [0.1, 0.15) is 44.4 Å². The highest BCUT2D eigenvalue weighted by Crippen LogP contribution is 2.39. The van der Waals surface area contributed by atoms with Crippen LogP contribution < -0.4 is 9.62 Å². The number of anilines is 2. The first-order chi connectivity index (χ1) is 13.2. The number of benzene rings is 2. The third-order valence-corrected chi connectivity index (χ3v) is 7.52. The number of hydrogen-bond donors (Lipinski definition) is 1. The van der Waals surface area contributed by atoms with Crippen molar-refractivity contribution in [2.45, 2.75) is 57.9 Å². The summed E-state index contributed by atoms with van der Waals surface area (Å²) in [5.41, 5.74) is 4.20. The number of hydrogen-bond acceptors (Lipinski definition) is 3. The van der Waals surface area contributed by atoms with Gasteiger partial charge in [-0.2, -0.15) is 0 Å². The van der Waals surface area contributed by atoms with Gasteiger partial charge in [0.1, 0.15) is 4.90 Å². The number of aryl methyl sites for hydroxylation is 2. The van der Waals surface area contributed by atoms with Gasteiger partial charge in [0.2, 0.25) is 5.91 Å². The lowest BCUT2D eigenvalue weighted by Crippen LogP contribution is -2.33. The van der Waals surface area contributed by atoms with Crippen LogP contribution in [0.25, 0.3) is 0 Å². The molecule has 150 valence electrons. The number of rotatable bonds is 5. The normalized spacial score (nSPS) is 16.2. The fourth-order valence-corrected chi connectivity index (χ4v) is 6.12. The van der Waals surface area contributed by atoms with Crippen LogP contribution in [-0.2, 0) is 34.1 Å². The Morgan fingerprint density at radius 2 is 1.82 bits per heavy atom. The third-order valence-electron chi connectivity index (χ3n) is 5.21. The maximum Gasteiger partial charge on any atom is 0.263 e. The summed E-state index contributed by atoms with van der Waals surface area (Å²) in [5, 5.41) is 0. The summed E-state index contributed by atoms with van der Waals surface area (Å²) in [6.45, 7) is 7.48. The van der Waals surface area contributed by atoms with Crippen LogP contribution in [0.3, 0.4) is 0 Å². The van der Waals surface area contributed by atoms with Crippen molar-refractivity contribution in [2.24, 2.45) is 0 Å². The van der Waals surface area contributed by atoms with E-state index in [2.05, 4.69) is 20.7 Å². The van der Waals surface area contributed by atoms with Gasteiger partial charge in [-0.15, -0.1) is 0 Å². The molecule has 0 radical (unpaired) electrons. The summed E-state index contributed by atoms with van der Waals surface area (Å²) < 4.78 is 29.8. The SMILES string of the molecule is CCc1cccc(CC)c1NS(=O)(=O)c1cc2c(cc1Br)CC(C)N2C(C)=O. The number of amides is 1. The van der Waals surface area contributed by atoms with Gasteiger partial charge >= 0.3 is 0 Å². The van der Waals surface area contributed by atoms with Gasteiger partial charge < -0.3 is 4.90 Å². The number of carbonyl (C=O) groups excluding carboxylic acids is 1. The van der Waals surface area contributed by atoms with Crippen molar-refractivity contribution in [3.63, 3.8) is 0 Å². The third kappa shape index (κ3) is 3.70. The predicted molar refractivity (Wildman–Crippen MR) is 116 cm³/mol. The molecule has 1 aliphatic heterocycles. The Labute approximate surface area is 175 Å². The van der Waals surface area contributed by atoms with E-state index in [0.29, 0.717) is 22.3 Å². The van der Waals surface area contributed by atoms with Gasteiger partial charge in [0.05, 0.1) is 5.69 Å². The Kier molecular flexibility index (Phi) is 5.87. The van der Waals surface area contributed by atoms with Gasteiger partial charge in [-0.05, 0) is 70.9 Å². The molecule has 0 aromatic heterocycles. The van der Waals surface area contributed by atoms with Crippen LogP contribution >= 0.6 is 15.9 Å². The standard InChI is InChI=1S/C21H25BrN2O3S/c1-5-15-8-7-9-16(6-2)21(15)23-28(26,27)20-12-19-17(11-18(20)22)10-13(3)24(19)14(4)25/h7-9,11-13,23H,5-6,10H2,1-4H3. The van der Waals surface area contributed by atoms with Crippen molar-refractivity contribution in [2.75, 3.05) is 9.62 Å². The van der Waals surface area contributed by atoms with Crippen molar-refractivity contribution >= 4 is 43.2 Å². The fraction of sp³-hybridized carbons (Fsp3) is 0.381. The van der Waals surface area contributed by atoms with Crippen LogP contribution in [0, 0.1) is 0 Å². The van der Waals surface area contributed by atoms with E-state index in [0.717, 1.165) is 29.5 Å². The zero-order valence-corrected chi connectivity index (χ0v) is 18.9. The molecule has 1 aliphatic rings. The Morgan fingerprint density at radius 3 is 2.36 bits per heavy atom. The van der Waals surface area contributed by atoms with E-state index < -0.39 is 10.0 Å². The van der Waals surface area contributed by atoms with Crippen LogP contribution in [0.5, 0.6) is 0 Å². The highest BCUT2D eigenvalue weighted by Gasteiger charge is 2.32. The lowest BCUT2D eigenvalue weighted by molar-refractivity contribution is -0.116. The average molecular weight is 465 g/mol. The minimum Gasteiger partial charge on any atom is -0.309 e. The molecule has 0 saturated heterocycles. The Balaban J connectivity index is 2.09. The quantitative estimate of drug-likeness (QED) is 0.698. The van der Waals surface area contributed by atoms with Gasteiger partial charge in [-0.25, -0.2) is 8.42 Å². The summed E-state index contributed by atoms with van der Waals surface area (Å²) in [5.74, 6) is -0.0884. The molecule has 5 nitrogen and oxygen atoms in total. The van der Waals surface area contributed by atoms with Crippen molar-refractivity contribution < 1.29 is 13.2 Å². The molecule has 3 rings (SSSR count). The summed E-state index contributed by atoms with van der Waals surface area (Å²) in [4.78, 5) is 13.9. The van der Waals surface area contributed by atoms with Crippen molar-refractivity contribution in [3.05, 3.63) is 51.5 Å². The number of sulfonamides is 1. The summed E-state index contributed by atoms with van der Waals surface area (Å²) in [6.07, 6.45) is 2.17. The second kappa shape index (κ2) is 7.87. The largest absolute Gasteiger partial charge is 0.309 e. The second-order valence-electron chi connectivity index (χ2n) is 7.12. The van der Waals surface area contributed by atoms with Crippen molar-refractivity contribution in [3.8, 4) is 0 Å². The maximum absolute atomic E-state index is 13.3. The Morgan fingerprint density at radius 1 is 1.21 bits per heavy atom. The molecular formula is C21H25BrN2O3S. The van der Waals surface area contributed by atoms with E-state index in [1.54, 1.807) is 11.0 Å². The summed E-state index contributed by atoms with van der Waals surface area (Å²) in [6, 6.07) is 9.26. The fourth-order valence-electron chi connectivity index (χ4n) is 3.87. The first-order valence-electron chi connectivity index (χ1n) is 9.45. The number of nitrogens with zero attached hydrogens (tertiary/aromatic N) is 1. The lowest BCUT2D eigenvalue weighted by Gasteiger charge is -2.22. The predicted octanol–water partition coefficient (Wildman–Crippen LogP) is 4.67. The zero-order valence-electron chi connectivity index (χ0n) is 16.5. The first kappa shape index (κ1) is 20.9. The molecule has 0 fully saturated rings. The first-order valence-corrected chi connectivity index (χ1v) is 11.7. The Hall–Kier alpha value is -1.86. The highest BCUT2D eigenvalue weighted by molar-refractivity contribution is 9.10. The molecule has 1 unspecified atom stereocenters. The number of nitrogens with one attached hydrogen (secondary N) is 1. The number of fused-ring (bicyclic) bond motifs is 1. The smallest absolute Gasteiger partial charge is 0.263 e. The molecule has 0 saturated carbocycles. The van der Waals surface area contributed by atoms with Crippen LogP contribution in [-0.4, -0.2) is 20.4 Å². The Bertz CT molecular complexity index is 1010. The molecule has 0 aliphatic carbocycles. The minimum atomic E-state index is -3.83. The molecule has 0 spiro atoms. The van der Waals surface area contributed by atoms with Gasteiger partial charge in [-0.1, -0.05) is 32.0 Å². The van der Waals surface area contributed by atoms with Crippen LogP contribution in [0.15, 0.2) is 39.7 Å². The van der Waals surface area contributed by atoms with Gasteiger partial charge in [0.15, 0.2) is 0 Å². The van der Waals surface area contributed by atoms with Crippen molar-refractivity contribution in [1.82, 2.24) is 0 Å². The van der Waals surface area contributed by atoms with E-state index in [1.165, 1.54) is 6.92 Å². The molecule has 1 heterocycles. The molecule has 1 amide bonds. The van der Waals surface area contributed by atoms with E-state index in [9.17, 15) is 13.2 Å².